The summed E-state index contributed by atoms with van der Waals surface area (Å²) < 4.78 is 6.18. The zero-order chi connectivity index (χ0) is 17.9. The van der Waals surface area contributed by atoms with E-state index in [1.54, 1.807) is 0 Å². The van der Waals surface area contributed by atoms with Crippen LogP contribution in [0.4, 0.5) is 5.95 Å². The van der Waals surface area contributed by atoms with Crippen LogP contribution >= 0.6 is 0 Å². The number of aliphatic hydroxyl groups is 1. The number of likely N-dealkylation sites (tertiary alicyclic amines) is 1. The van der Waals surface area contributed by atoms with E-state index in [9.17, 15) is 5.11 Å². The normalized spacial score (nSPS) is 25.3. The molecule has 2 fully saturated rings. The van der Waals surface area contributed by atoms with Crippen molar-refractivity contribution in [2.24, 2.45) is 0 Å². The maximum Gasteiger partial charge on any atom is 0.223 e. The maximum atomic E-state index is 9.64. The van der Waals surface area contributed by atoms with Gasteiger partial charge >= 0.3 is 0 Å². The summed E-state index contributed by atoms with van der Waals surface area (Å²) in [5, 5.41) is 14.1. The SMILES string of the molecule is CN1CCC(Oc2ccc3cnc(N[C@H]4CC[C@H](O)CC4)nc3c2)CC1. The number of ether oxygens (including phenoxy) is 1. The molecule has 1 aromatic carbocycles. The zero-order valence-electron chi connectivity index (χ0n) is 15.4. The molecule has 2 aromatic rings. The van der Waals surface area contributed by atoms with Gasteiger partial charge in [-0.25, -0.2) is 9.97 Å². The highest BCUT2D eigenvalue weighted by Gasteiger charge is 2.20. The lowest BCUT2D eigenvalue weighted by Crippen LogP contribution is -2.35. The predicted molar refractivity (Wildman–Crippen MR) is 103 cm³/mol. The molecular weight excluding hydrogens is 328 g/mol. The van der Waals surface area contributed by atoms with Crippen LogP contribution in [-0.2, 0) is 0 Å². The first kappa shape index (κ1) is 17.5. The number of rotatable bonds is 4. The predicted octanol–water partition coefficient (Wildman–Crippen LogP) is 2.82. The van der Waals surface area contributed by atoms with Crippen LogP contribution in [0.25, 0.3) is 10.9 Å². The highest BCUT2D eigenvalue weighted by molar-refractivity contribution is 5.80. The molecule has 2 N–H and O–H groups in total. The molecule has 1 aromatic heterocycles. The van der Waals surface area contributed by atoms with E-state index in [0.29, 0.717) is 12.0 Å². The Morgan fingerprint density at radius 2 is 1.88 bits per heavy atom. The zero-order valence-corrected chi connectivity index (χ0v) is 15.4. The number of piperidine rings is 1. The summed E-state index contributed by atoms with van der Waals surface area (Å²) >= 11 is 0. The van der Waals surface area contributed by atoms with E-state index in [-0.39, 0.29) is 12.2 Å². The van der Waals surface area contributed by atoms with Crippen molar-refractivity contribution in [3.8, 4) is 5.75 Å². The summed E-state index contributed by atoms with van der Waals surface area (Å²) in [6, 6.07) is 6.40. The van der Waals surface area contributed by atoms with Gasteiger partial charge in [-0.2, -0.15) is 0 Å². The maximum absolute atomic E-state index is 9.64. The lowest BCUT2D eigenvalue weighted by Gasteiger charge is -2.29. The van der Waals surface area contributed by atoms with Crippen molar-refractivity contribution in [3.05, 3.63) is 24.4 Å². The summed E-state index contributed by atoms with van der Waals surface area (Å²) in [4.78, 5) is 11.5. The van der Waals surface area contributed by atoms with Gasteiger partial charge in [0.2, 0.25) is 5.95 Å². The van der Waals surface area contributed by atoms with Crippen molar-refractivity contribution in [2.75, 3.05) is 25.5 Å². The van der Waals surface area contributed by atoms with Gasteiger partial charge in [-0.05, 0) is 57.7 Å². The largest absolute Gasteiger partial charge is 0.490 e. The molecule has 6 nitrogen and oxygen atoms in total. The minimum Gasteiger partial charge on any atom is -0.490 e. The number of benzene rings is 1. The van der Waals surface area contributed by atoms with Crippen LogP contribution in [0.5, 0.6) is 5.75 Å². The van der Waals surface area contributed by atoms with Gasteiger partial charge < -0.3 is 20.1 Å². The number of aliphatic hydroxyl groups excluding tert-OH is 1. The van der Waals surface area contributed by atoms with Gasteiger partial charge in [-0.3, -0.25) is 0 Å². The third-order valence-electron chi connectivity index (χ3n) is 5.55. The van der Waals surface area contributed by atoms with E-state index >= 15 is 0 Å². The summed E-state index contributed by atoms with van der Waals surface area (Å²) in [7, 11) is 2.16. The Kier molecular flexibility index (Phi) is 5.22. The fourth-order valence-electron chi connectivity index (χ4n) is 3.84. The first-order valence-electron chi connectivity index (χ1n) is 9.72. The quantitative estimate of drug-likeness (QED) is 0.878. The standard InChI is InChI=1S/C20H28N4O2/c1-24-10-8-17(9-11-24)26-18-7-2-14-13-21-20(23-19(14)12-18)22-15-3-5-16(25)6-4-15/h2,7,12-13,15-17,25H,3-6,8-11H2,1H3,(H,21,22,23)/t15-,16-. The fraction of sp³-hybridized carbons (Fsp3) is 0.600. The molecule has 4 rings (SSSR count). The third kappa shape index (κ3) is 4.24. The molecule has 140 valence electrons. The average Bonchev–Trinajstić information content (AvgIpc) is 2.65. The van der Waals surface area contributed by atoms with Gasteiger partial charge in [0, 0.05) is 36.8 Å². The molecule has 26 heavy (non-hydrogen) atoms. The number of hydrogen-bond acceptors (Lipinski definition) is 6. The number of anilines is 1. The van der Waals surface area contributed by atoms with E-state index in [1.807, 2.05) is 24.4 Å². The van der Waals surface area contributed by atoms with E-state index in [0.717, 1.165) is 68.3 Å². The van der Waals surface area contributed by atoms with Crippen molar-refractivity contribution < 1.29 is 9.84 Å². The molecular formula is C20H28N4O2. The summed E-state index contributed by atoms with van der Waals surface area (Å²) in [6.07, 6.45) is 7.75. The Balaban J connectivity index is 1.44. The third-order valence-corrected chi connectivity index (χ3v) is 5.55. The molecule has 0 atom stereocenters. The van der Waals surface area contributed by atoms with E-state index < -0.39 is 0 Å². The highest BCUT2D eigenvalue weighted by Crippen LogP contribution is 2.25. The van der Waals surface area contributed by atoms with Crippen molar-refractivity contribution in [1.82, 2.24) is 14.9 Å². The first-order valence-corrected chi connectivity index (χ1v) is 9.72. The minimum absolute atomic E-state index is 0.148. The fourth-order valence-corrected chi connectivity index (χ4v) is 3.84. The summed E-state index contributed by atoms with van der Waals surface area (Å²) in [5.74, 6) is 1.55. The lowest BCUT2D eigenvalue weighted by molar-refractivity contribution is 0.114. The van der Waals surface area contributed by atoms with Crippen LogP contribution in [0.3, 0.4) is 0 Å². The van der Waals surface area contributed by atoms with Crippen molar-refractivity contribution in [1.29, 1.82) is 0 Å². The van der Waals surface area contributed by atoms with Gasteiger partial charge in [0.05, 0.1) is 11.6 Å². The summed E-state index contributed by atoms with van der Waals surface area (Å²) in [5.41, 5.74) is 0.906. The molecule has 2 heterocycles. The number of fused-ring (bicyclic) bond motifs is 1. The number of nitrogens with one attached hydrogen (secondary N) is 1. The van der Waals surface area contributed by atoms with Gasteiger partial charge in [0.1, 0.15) is 11.9 Å². The number of hydrogen-bond donors (Lipinski definition) is 2. The van der Waals surface area contributed by atoms with Crippen molar-refractivity contribution in [3.63, 3.8) is 0 Å². The molecule has 0 spiro atoms. The molecule has 0 amide bonds. The topological polar surface area (TPSA) is 70.5 Å². The van der Waals surface area contributed by atoms with Crippen molar-refractivity contribution in [2.45, 2.75) is 56.8 Å². The Morgan fingerprint density at radius 1 is 1.12 bits per heavy atom. The molecule has 2 aliphatic rings. The Bertz CT molecular complexity index is 679. The molecule has 1 aliphatic heterocycles. The van der Waals surface area contributed by atoms with E-state index in [2.05, 4.69) is 27.2 Å². The Hall–Kier alpha value is -1.92. The Morgan fingerprint density at radius 3 is 2.65 bits per heavy atom. The molecule has 1 saturated carbocycles. The van der Waals surface area contributed by atoms with Gasteiger partial charge in [0.15, 0.2) is 0 Å². The number of nitrogens with zero attached hydrogens (tertiary/aromatic N) is 3. The molecule has 1 aliphatic carbocycles. The number of aromatic nitrogens is 2. The molecule has 0 bridgehead atoms. The van der Waals surface area contributed by atoms with Gasteiger partial charge in [-0.15, -0.1) is 0 Å². The van der Waals surface area contributed by atoms with Crippen LogP contribution in [0.1, 0.15) is 38.5 Å². The van der Waals surface area contributed by atoms with Gasteiger partial charge in [-0.1, -0.05) is 0 Å². The van der Waals surface area contributed by atoms with Crippen LogP contribution in [0.2, 0.25) is 0 Å². The van der Waals surface area contributed by atoms with Crippen molar-refractivity contribution >= 4 is 16.9 Å². The average molecular weight is 356 g/mol. The Labute approximate surface area is 154 Å². The lowest BCUT2D eigenvalue weighted by atomic mass is 9.93. The van der Waals surface area contributed by atoms with Crippen LogP contribution < -0.4 is 10.1 Å². The smallest absolute Gasteiger partial charge is 0.223 e. The molecule has 0 radical (unpaired) electrons. The summed E-state index contributed by atoms with van der Waals surface area (Å²) in [6.45, 7) is 2.18. The van der Waals surface area contributed by atoms with Crippen LogP contribution in [0.15, 0.2) is 24.4 Å². The van der Waals surface area contributed by atoms with Crippen LogP contribution in [0, 0.1) is 0 Å². The highest BCUT2D eigenvalue weighted by atomic mass is 16.5. The monoisotopic (exact) mass is 356 g/mol. The molecule has 6 heteroatoms. The second-order valence-corrected chi connectivity index (χ2v) is 7.68. The van der Waals surface area contributed by atoms with E-state index in [1.165, 1.54) is 0 Å². The molecule has 1 saturated heterocycles. The van der Waals surface area contributed by atoms with Crippen LogP contribution in [-0.4, -0.2) is 58.4 Å². The van der Waals surface area contributed by atoms with Gasteiger partial charge in [0.25, 0.3) is 0 Å². The first-order chi connectivity index (χ1) is 12.7. The second kappa shape index (κ2) is 7.76. The second-order valence-electron chi connectivity index (χ2n) is 7.68. The molecule has 0 unspecified atom stereocenters. The van der Waals surface area contributed by atoms with E-state index in [4.69, 9.17) is 4.74 Å². The minimum atomic E-state index is -0.148.